The smallest absolute Gasteiger partial charge is 0.407 e. The number of anilines is 1. The lowest BCUT2D eigenvalue weighted by Gasteiger charge is -2.31. The number of carbonyl (C=O) groups excluding carboxylic acids is 8. The number of aliphatic hydroxyl groups is 1. The molecule has 0 bridgehead atoms. The Morgan fingerprint density at radius 1 is 0.915 bits per heavy atom. The van der Waals surface area contributed by atoms with E-state index in [4.69, 9.17) is 40.1 Å². The van der Waals surface area contributed by atoms with Gasteiger partial charge in [0.25, 0.3) is 5.56 Å². The molecule has 4 heterocycles. The average Bonchev–Trinajstić information content (AvgIpc) is 2.23. The summed E-state index contributed by atoms with van der Waals surface area (Å²) in [4.78, 5) is 121. The van der Waals surface area contributed by atoms with Gasteiger partial charge in [0.1, 0.15) is 51.0 Å². The number of hydrogen-bond acceptors (Lipinski definition) is 17. The van der Waals surface area contributed by atoms with Crippen molar-refractivity contribution in [2.24, 2.45) is 17.4 Å². The van der Waals surface area contributed by atoms with E-state index in [2.05, 4.69) is 37.2 Å². The molecule has 0 saturated heterocycles. The van der Waals surface area contributed by atoms with E-state index >= 15 is 4.39 Å². The monoisotopic (exact) mass is 1140 g/mol. The molecule has 0 fully saturated rings. The molecule has 3 aliphatic rings. The molecule has 2 aromatic heterocycles. The molecule has 0 spiro atoms. The van der Waals surface area contributed by atoms with Crippen molar-refractivity contribution in [2.75, 3.05) is 64.7 Å². The number of nitrogens with zero attached hydrogens (tertiary/aromatic N) is 2. The number of primary amides is 1. The molecule has 2 aromatic carbocycles. The highest BCUT2D eigenvalue weighted by molar-refractivity contribution is 5.99. The first-order valence-corrected chi connectivity index (χ1v) is 27.0. The van der Waals surface area contributed by atoms with Crippen LogP contribution in [0.1, 0.15) is 97.9 Å². The van der Waals surface area contributed by atoms with E-state index in [9.17, 15) is 48.3 Å². The van der Waals surface area contributed by atoms with E-state index in [0.717, 1.165) is 5.56 Å². The van der Waals surface area contributed by atoms with Crippen molar-refractivity contribution in [3.8, 4) is 11.4 Å². The summed E-state index contributed by atoms with van der Waals surface area (Å²) in [5.41, 5.74) is 12.6. The van der Waals surface area contributed by atoms with Gasteiger partial charge in [-0.15, -0.1) is 0 Å². The number of carbonyl (C=O) groups is 8. The number of aromatic nitrogens is 2. The molecule has 7 rings (SSSR count). The molecular weight excluding hydrogens is 1070 g/mol. The zero-order valence-electron chi connectivity index (χ0n) is 46.1. The van der Waals surface area contributed by atoms with Crippen LogP contribution in [0.2, 0.25) is 0 Å². The van der Waals surface area contributed by atoms with Gasteiger partial charge in [-0.25, -0.2) is 23.8 Å². The van der Waals surface area contributed by atoms with Crippen molar-refractivity contribution in [3.63, 3.8) is 0 Å². The van der Waals surface area contributed by atoms with Gasteiger partial charge in [0.05, 0.1) is 61.5 Å². The van der Waals surface area contributed by atoms with Crippen LogP contribution in [-0.4, -0.2) is 134 Å². The molecule has 8 amide bonds. The Bertz CT molecular complexity index is 3140. The van der Waals surface area contributed by atoms with Gasteiger partial charge < -0.3 is 82.0 Å². The normalized spacial score (nSPS) is 16.4. The maximum atomic E-state index is 15.4. The van der Waals surface area contributed by atoms with E-state index < -0.39 is 103 Å². The zero-order chi connectivity index (χ0) is 59.3. The number of fused-ring (bicyclic) bond motifs is 5. The fourth-order valence-corrected chi connectivity index (χ4v) is 9.94. The summed E-state index contributed by atoms with van der Waals surface area (Å²) in [6.07, 6.45) is 0.160. The number of nitrogens with two attached hydrogens (primary N) is 2. The third kappa shape index (κ3) is 14.9. The molecule has 1 aliphatic carbocycles. The molecule has 26 nitrogen and oxygen atoms in total. The largest absolute Gasteiger partial charge is 0.458 e. The van der Waals surface area contributed by atoms with Gasteiger partial charge in [-0.05, 0) is 85.4 Å². The molecule has 0 radical (unpaired) electrons. The number of hydrogen-bond donors (Lipinski definition) is 10. The second kappa shape index (κ2) is 28.0. The highest BCUT2D eigenvalue weighted by Gasteiger charge is 2.46. The Morgan fingerprint density at radius 3 is 2.37 bits per heavy atom. The van der Waals surface area contributed by atoms with Crippen LogP contribution in [0, 0.1) is 18.7 Å². The molecule has 12 N–H and O–H groups in total. The van der Waals surface area contributed by atoms with Gasteiger partial charge >= 0.3 is 18.1 Å². The Labute approximate surface area is 470 Å². The Kier molecular flexibility index (Phi) is 21.0. The SMILES string of the molecule is CC[C@@]1(O)C(=O)OCc2c1cc1n(c2=O)Cc2c-1nc1cc(F)c(C)c3c1c2[C@@H](NC(=O)COCNC(=O)CNC(=O)OCc1ccc(NC(=O)[C@H](CCCNC(N)=O)NC(=O)[C@@H](NC(=O)CCOCCOCCN)C(C)C)cc1)CC3. The van der Waals surface area contributed by atoms with Crippen molar-refractivity contribution in [3.05, 3.63) is 91.5 Å². The van der Waals surface area contributed by atoms with Gasteiger partial charge in [-0.1, -0.05) is 32.9 Å². The van der Waals surface area contributed by atoms with Crippen LogP contribution in [-0.2, 0) is 84.2 Å². The lowest BCUT2D eigenvalue weighted by atomic mass is 9.81. The average molecular weight is 1140 g/mol. The summed E-state index contributed by atoms with van der Waals surface area (Å²) in [6.45, 7) is 6.49. The molecule has 442 valence electrons. The zero-order valence-corrected chi connectivity index (χ0v) is 46.1. The second-order valence-electron chi connectivity index (χ2n) is 20.2. The van der Waals surface area contributed by atoms with Crippen molar-refractivity contribution in [2.45, 2.75) is 110 Å². The van der Waals surface area contributed by atoms with Crippen molar-refractivity contribution in [1.82, 2.24) is 41.5 Å². The number of aryl methyl sites for hydroxylation is 1. The summed E-state index contributed by atoms with van der Waals surface area (Å²) in [5, 5.41) is 30.4. The van der Waals surface area contributed by atoms with Crippen LogP contribution >= 0.6 is 0 Å². The van der Waals surface area contributed by atoms with Crippen LogP contribution in [0.15, 0.2) is 41.2 Å². The summed E-state index contributed by atoms with van der Waals surface area (Å²) in [7, 11) is 0. The van der Waals surface area contributed by atoms with Crippen LogP contribution in [0.25, 0.3) is 22.3 Å². The molecule has 0 saturated carbocycles. The van der Waals surface area contributed by atoms with Crippen molar-refractivity contribution < 1.29 is 71.5 Å². The summed E-state index contributed by atoms with van der Waals surface area (Å²) < 4.78 is 43.4. The van der Waals surface area contributed by atoms with Gasteiger partial charge in [0.2, 0.25) is 29.5 Å². The fourth-order valence-electron chi connectivity index (χ4n) is 9.94. The summed E-state index contributed by atoms with van der Waals surface area (Å²) in [6, 6.07) is 5.68. The molecular formula is C55H70FN11O15. The number of ether oxygens (including phenoxy) is 5. The minimum Gasteiger partial charge on any atom is -0.458 e. The second-order valence-corrected chi connectivity index (χ2v) is 20.2. The number of alkyl carbamates (subject to hydrolysis) is 1. The highest BCUT2D eigenvalue weighted by Crippen LogP contribution is 2.46. The Morgan fingerprint density at radius 2 is 1.66 bits per heavy atom. The number of amides is 8. The Hall–Kier alpha value is -8.11. The third-order valence-corrected chi connectivity index (χ3v) is 14.3. The van der Waals surface area contributed by atoms with E-state index in [1.54, 1.807) is 58.0 Å². The number of benzene rings is 2. The third-order valence-electron chi connectivity index (χ3n) is 14.3. The van der Waals surface area contributed by atoms with Gasteiger partial charge in [0.15, 0.2) is 5.60 Å². The lowest BCUT2D eigenvalue weighted by Crippen LogP contribution is -2.54. The maximum absolute atomic E-state index is 15.4. The molecule has 0 unspecified atom stereocenters. The quantitative estimate of drug-likeness (QED) is 0.0190. The predicted molar refractivity (Wildman–Crippen MR) is 291 cm³/mol. The first-order chi connectivity index (χ1) is 39.2. The Balaban J connectivity index is 0.859. The van der Waals surface area contributed by atoms with Crippen LogP contribution in [0.4, 0.5) is 19.7 Å². The predicted octanol–water partition coefficient (Wildman–Crippen LogP) is 1.04. The van der Waals surface area contributed by atoms with Crippen LogP contribution in [0.3, 0.4) is 0 Å². The van der Waals surface area contributed by atoms with E-state index in [1.165, 1.54) is 10.6 Å². The molecule has 4 atom stereocenters. The number of urea groups is 1. The first-order valence-electron chi connectivity index (χ1n) is 27.0. The molecule has 82 heavy (non-hydrogen) atoms. The van der Waals surface area contributed by atoms with E-state index in [-0.39, 0.29) is 82.2 Å². The molecule has 4 aromatic rings. The first kappa shape index (κ1) is 61.5. The van der Waals surface area contributed by atoms with Gasteiger partial charge in [-0.2, -0.15) is 0 Å². The number of halogens is 1. The topological polar surface area (TPSA) is 374 Å². The van der Waals surface area contributed by atoms with Gasteiger partial charge in [-0.3, -0.25) is 28.8 Å². The van der Waals surface area contributed by atoms with Crippen molar-refractivity contribution >= 4 is 64.2 Å². The van der Waals surface area contributed by atoms with E-state index in [1.807, 2.05) is 0 Å². The number of rotatable bonds is 28. The summed E-state index contributed by atoms with van der Waals surface area (Å²) >= 11 is 0. The maximum Gasteiger partial charge on any atom is 0.407 e. The minimum atomic E-state index is -2.05. The van der Waals surface area contributed by atoms with Crippen molar-refractivity contribution in [1.29, 1.82) is 0 Å². The fraction of sp³-hybridized carbons (Fsp3) is 0.491. The lowest BCUT2D eigenvalue weighted by molar-refractivity contribution is -0.172. The molecule has 27 heteroatoms. The summed E-state index contributed by atoms with van der Waals surface area (Å²) in [5.74, 6) is -4.49. The number of nitrogens with one attached hydrogen (secondary N) is 7. The number of cyclic esters (lactones) is 1. The number of esters is 1. The highest BCUT2D eigenvalue weighted by atomic mass is 19.1. The van der Waals surface area contributed by atoms with Crippen LogP contribution in [0.5, 0.6) is 0 Å². The van der Waals surface area contributed by atoms with Gasteiger partial charge in [0, 0.05) is 47.8 Å². The van der Waals surface area contributed by atoms with Crippen LogP contribution < -0.4 is 54.2 Å². The molecule has 2 aliphatic heterocycles. The number of pyridine rings is 2. The standard InChI is InChI=1S/C55H70FN11O15/c1-5-55(77)36-21-41-48-34(24-67(41)51(73)35(36)26-81-52(55)74)46-38(13-12-33-30(4)37(56)22-40(64-48)45(33)46)63-44(70)27-80-28-61-43(69)23-60-54(76)82-25-31-8-10-32(11-9-31)62-49(71)39(7-6-16-59-53(58)75)65-50(72)47(29(2)3)66-42(68)14-17-78-19-20-79-18-15-57/h8-11,21-22,29,38-39,47,77H,5-7,12-20,23-28,57H2,1-4H3,(H,60,76)(H,61,69)(H,62,71)(H,63,70)(H,65,72)(H,66,68)(H3,58,59,75)/t38-,39-,47-,55-/m0/s1. The minimum absolute atomic E-state index is 0.0161. The van der Waals surface area contributed by atoms with E-state index in [0.29, 0.717) is 82.8 Å².